The zero-order chi connectivity index (χ0) is 13.8. The number of rotatable bonds is 3. The Kier molecular flexibility index (Phi) is 4.56. The quantitative estimate of drug-likeness (QED) is 0.867. The molecule has 19 heavy (non-hydrogen) atoms. The lowest BCUT2D eigenvalue weighted by Crippen LogP contribution is -2.52. The van der Waals surface area contributed by atoms with Crippen LogP contribution in [-0.4, -0.2) is 43.0 Å². The Bertz CT molecular complexity index is 438. The van der Waals surface area contributed by atoms with Gasteiger partial charge in [-0.2, -0.15) is 0 Å². The summed E-state index contributed by atoms with van der Waals surface area (Å²) in [6, 6.07) is 6.47. The van der Waals surface area contributed by atoms with Crippen LogP contribution in [0.25, 0.3) is 0 Å². The molecule has 0 spiro atoms. The van der Waals surface area contributed by atoms with Gasteiger partial charge < -0.3 is 10.6 Å². The fourth-order valence-electron chi connectivity index (χ4n) is 2.49. The molecule has 1 amide bonds. The minimum atomic E-state index is 0.0751. The highest BCUT2D eigenvalue weighted by Crippen LogP contribution is 2.19. The second-order valence-corrected chi connectivity index (χ2v) is 5.34. The molecule has 1 aromatic carbocycles. The number of nitrogens with zero attached hydrogens (tertiary/aromatic N) is 1. The summed E-state index contributed by atoms with van der Waals surface area (Å²) < 4.78 is 0. The highest BCUT2D eigenvalue weighted by atomic mass is 16.2. The summed E-state index contributed by atoms with van der Waals surface area (Å²) in [4.78, 5) is 14.4. The maximum Gasteiger partial charge on any atom is 0.238 e. The van der Waals surface area contributed by atoms with E-state index in [0.717, 1.165) is 36.4 Å². The van der Waals surface area contributed by atoms with E-state index in [1.165, 1.54) is 0 Å². The fraction of sp³-hybridized carbons (Fsp3) is 0.533. The molecule has 4 heteroatoms. The number of carbonyl (C=O) groups is 1. The van der Waals surface area contributed by atoms with E-state index in [-0.39, 0.29) is 5.91 Å². The molecule has 1 aliphatic heterocycles. The van der Waals surface area contributed by atoms with Gasteiger partial charge in [-0.05, 0) is 31.9 Å². The molecule has 0 radical (unpaired) electrons. The van der Waals surface area contributed by atoms with Crippen LogP contribution in [0.3, 0.4) is 0 Å². The van der Waals surface area contributed by atoms with Crippen LogP contribution in [0.15, 0.2) is 18.2 Å². The predicted molar refractivity (Wildman–Crippen MR) is 78.5 cm³/mol. The standard InChI is InChI=1S/C15H23N3O/c1-11-5-4-6-12(2)15(11)17-14(19)10-18-8-7-16-9-13(18)3/h4-6,13,16H,7-10H2,1-3H3,(H,17,19). The van der Waals surface area contributed by atoms with Crippen molar-refractivity contribution in [3.8, 4) is 0 Å². The SMILES string of the molecule is Cc1cccc(C)c1NC(=O)CN1CCNCC1C. The van der Waals surface area contributed by atoms with Crippen molar-refractivity contribution in [2.24, 2.45) is 0 Å². The number of anilines is 1. The largest absolute Gasteiger partial charge is 0.324 e. The summed E-state index contributed by atoms with van der Waals surface area (Å²) in [5.74, 6) is 0.0751. The van der Waals surface area contributed by atoms with Crippen molar-refractivity contribution in [2.75, 3.05) is 31.5 Å². The van der Waals surface area contributed by atoms with Crippen LogP contribution in [0, 0.1) is 13.8 Å². The zero-order valence-corrected chi connectivity index (χ0v) is 12.0. The molecule has 2 N–H and O–H groups in total. The van der Waals surface area contributed by atoms with E-state index in [9.17, 15) is 4.79 Å². The number of benzene rings is 1. The maximum atomic E-state index is 12.2. The van der Waals surface area contributed by atoms with Crippen molar-refractivity contribution in [2.45, 2.75) is 26.8 Å². The Labute approximate surface area is 115 Å². The van der Waals surface area contributed by atoms with Crippen molar-refractivity contribution >= 4 is 11.6 Å². The van der Waals surface area contributed by atoms with Crippen LogP contribution >= 0.6 is 0 Å². The minimum absolute atomic E-state index is 0.0751. The van der Waals surface area contributed by atoms with Gasteiger partial charge in [0.15, 0.2) is 0 Å². The van der Waals surface area contributed by atoms with Gasteiger partial charge in [0.25, 0.3) is 0 Å². The van der Waals surface area contributed by atoms with Gasteiger partial charge >= 0.3 is 0 Å². The lowest BCUT2D eigenvalue weighted by molar-refractivity contribution is -0.118. The second-order valence-electron chi connectivity index (χ2n) is 5.34. The number of nitrogens with one attached hydrogen (secondary N) is 2. The number of aryl methyl sites for hydroxylation is 2. The van der Waals surface area contributed by atoms with Crippen LogP contribution in [0.4, 0.5) is 5.69 Å². The van der Waals surface area contributed by atoms with E-state index in [2.05, 4.69) is 22.5 Å². The summed E-state index contributed by atoms with van der Waals surface area (Å²) in [7, 11) is 0. The Morgan fingerprint density at radius 1 is 1.42 bits per heavy atom. The molecule has 0 aromatic heterocycles. The predicted octanol–water partition coefficient (Wildman–Crippen LogP) is 1.54. The molecule has 0 bridgehead atoms. The van der Waals surface area contributed by atoms with Gasteiger partial charge in [0, 0.05) is 31.4 Å². The van der Waals surface area contributed by atoms with E-state index >= 15 is 0 Å². The van der Waals surface area contributed by atoms with Crippen LogP contribution in [0.1, 0.15) is 18.1 Å². The number of hydrogen-bond acceptors (Lipinski definition) is 3. The minimum Gasteiger partial charge on any atom is -0.324 e. The molecule has 1 aromatic rings. The molecule has 1 saturated heterocycles. The van der Waals surface area contributed by atoms with Crippen molar-refractivity contribution in [1.82, 2.24) is 10.2 Å². The van der Waals surface area contributed by atoms with Crippen molar-refractivity contribution < 1.29 is 4.79 Å². The molecule has 1 fully saturated rings. The van der Waals surface area contributed by atoms with Gasteiger partial charge in [-0.25, -0.2) is 0 Å². The topological polar surface area (TPSA) is 44.4 Å². The Hall–Kier alpha value is -1.39. The fourth-order valence-corrected chi connectivity index (χ4v) is 2.49. The Morgan fingerprint density at radius 3 is 2.74 bits per heavy atom. The molecule has 1 aliphatic rings. The summed E-state index contributed by atoms with van der Waals surface area (Å²) in [6.07, 6.45) is 0. The van der Waals surface area contributed by atoms with Crippen LogP contribution in [-0.2, 0) is 4.79 Å². The number of para-hydroxylation sites is 1. The normalized spacial score (nSPS) is 20.3. The molecule has 4 nitrogen and oxygen atoms in total. The van der Waals surface area contributed by atoms with E-state index in [0.29, 0.717) is 12.6 Å². The first-order valence-corrected chi connectivity index (χ1v) is 6.89. The Balaban J connectivity index is 1.97. The average Bonchev–Trinajstić information content (AvgIpc) is 2.37. The van der Waals surface area contributed by atoms with Gasteiger partial charge in [-0.15, -0.1) is 0 Å². The third kappa shape index (κ3) is 3.55. The van der Waals surface area contributed by atoms with Crippen LogP contribution in [0.5, 0.6) is 0 Å². The molecule has 1 unspecified atom stereocenters. The molecule has 0 saturated carbocycles. The summed E-state index contributed by atoms with van der Waals surface area (Å²) in [5.41, 5.74) is 3.18. The average molecular weight is 261 g/mol. The number of amides is 1. The van der Waals surface area contributed by atoms with E-state index in [1.54, 1.807) is 0 Å². The third-order valence-corrected chi connectivity index (χ3v) is 3.73. The first-order valence-electron chi connectivity index (χ1n) is 6.89. The lowest BCUT2D eigenvalue weighted by atomic mass is 10.1. The molecule has 104 valence electrons. The van der Waals surface area contributed by atoms with Crippen molar-refractivity contribution in [3.63, 3.8) is 0 Å². The number of hydrogen-bond donors (Lipinski definition) is 2. The summed E-state index contributed by atoms with van der Waals surface area (Å²) in [6.45, 7) is 9.51. The first kappa shape index (κ1) is 14.0. The highest BCUT2D eigenvalue weighted by molar-refractivity contribution is 5.93. The van der Waals surface area contributed by atoms with E-state index in [4.69, 9.17) is 0 Å². The number of carbonyl (C=O) groups excluding carboxylic acids is 1. The zero-order valence-electron chi connectivity index (χ0n) is 12.0. The summed E-state index contributed by atoms with van der Waals surface area (Å²) >= 11 is 0. The summed E-state index contributed by atoms with van der Waals surface area (Å²) in [5, 5.41) is 6.38. The smallest absolute Gasteiger partial charge is 0.238 e. The van der Waals surface area contributed by atoms with Gasteiger partial charge in [-0.3, -0.25) is 9.69 Å². The molecule has 1 heterocycles. The number of piperazine rings is 1. The van der Waals surface area contributed by atoms with Gasteiger partial charge in [-0.1, -0.05) is 18.2 Å². The van der Waals surface area contributed by atoms with Gasteiger partial charge in [0.1, 0.15) is 0 Å². The maximum absolute atomic E-state index is 12.2. The van der Waals surface area contributed by atoms with E-state index < -0.39 is 0 Å². The van der Waals surface area contributed by atoms with Crippen molar-refractivity contribution in [1.29, 1.82) is 0 Å². The van der Waals surface area contributed by atoms with Gasteiger partial charge in [0.2, 0.25) is 5.91 Å². The molecular formula is C15H23N3O. The third-order valence-electron chi connectivity index (χ3n) is 3.73. The molecular weight excluding hydrogens is 238 g/mol. The Morgan fingerprint density at radius 2 is 2.11 bits per heavy atom. The monoisotopic (exact) mass is 261 g/mol. The van der Waals surface area contributed by atoms with Crippen LogP contribution in [0.2, 0.25) is 0 Å². The lowest BCUT2D eigenvalue weighted by Gasteiger charge is -2.33. The van der Waals surface area contributed by atoms with Crippen molar-refractivity contribution in [3.05, 3.63) is 29.3 Å². The molecule has 1 atom stereocenters. The molecule has 0 aliphatic carbocycles. The van der Waals surface area contributed by atoms with E-state index in [1.807, 2.05) is 32.0 Å². The van der Waals surface area contributed by atoms with Crippen LogP contribution < -0.4 is 10.6 Å². The van der Waals surface area contributed by atoms with Gasteiger partial charge in [0.05, 0.1) is 6.54 Å². The molecule has 2 rings (SSSR count). The second kappa shape index (κ2) is 6.17. The highest BCUT2D eigenvalue weighted by Gasteiger charge is 2.20. The first-order chi connectivity index (χ1) is 9.08.